The van der Waals surface area contributed by atoms with Crippen molar-refractivity contribution in [2.24, 2.45) is 0 Å². The van der Waals surface area contributed by atoms with Crippen LogP contribution in [0.5, 0.6) is 0 Å². The van der Waals surface area contributed by atoms with Crippen LogP contribution in [0.2, 0.25) is 0 Å². The Morgan fingerprint density at radius 2 is 2.21 bits per heavy atom. The van der Waals surface area contributed by atoms with Gasteiger partial charge in [-0.05, 0) is 18.2 Å². The molecule has 0 saturated heterocycles. The average Bonchev–Trinajstić information content (AvgIpc) is 2.36. The van der Waals surface area contributed by atoms with Crippen molar-refractivity contribution in [3.8, 4) is 0 Å². The van der Waals surface area contributed by atoms with Gasteiger partial charge in [0.1, 0.15) is 18.2 Å². The quantitative estimate of drug-likeness (QED) is 0.882. The summed E-state index contributed by atoms with van der Waals surface area (Å²) in [6.45, 7) is -0.197. The first-order valence-corrected chi connectivity index (χ1v) is 5.72. The lowest BCUT2D eigenvalue weighted by molar-refractivity contribution is -0.135. The van der Waals surface area contributed by atoms with E-state index in [4.69, 9.17) is 5.11 Å². The summed E-state index contributed by atoms with van der Waals surface area (Å²) in [7, 11) is 3.36. The third-order valence-corrected chi connectivity index (χ3v) is 2.83. The number of nitrogens with zero attached hydrogens (tertiary/aromatic N) is 2. The predicted octanol–water partition coefficient (Wildman–Crippen LogP) is 1.94. The van der Waals surface area contributed by atoms with Crippen LogP contribution in [0.4, 0.5) is 15.9 Å². The van der Waals surface area contributed by atoms with E-state index in [9.17, 15) is 9.18 Å². The molecule has 0 aliphatic rings. The molecule has 0 amide bonds. The topological polar surface area (TPSA) is 65.5 Å². The summed E-state index contributed by atoms with van der Waals surface area (Å²) in [5.41, 5.74) is 0.766. The van der Waals surface area contributed by atoms with E-state index in [-0.39, 0.29) is 12.4 Å². The summed E-state index contributed by atoms with van der Waals surface area (Å²) in [6.07, 6.45) is 1.61. The summed E-state index contributed by atoms with van der Waals surface area (Å²) < 4.78 is 13.4. The monoisotopic (exact) mass is 263 g/mol. The van der Waals surface area contributed by atoms with E-state index >= 15 is 0 Å². The first-order valence-electron chi connectivity index (χ1n) is 5.72. The number of benzene rings is 1. The number of halogens is 1. The van der Waals surface area contributed by atoms with Crippen molar-refractivity contribution in [1.29, 1.82) is 0 Å². The number of hydrogen-bond donors (Lipinski definition) is 2. The van der Waals surface area contributed by atoms with Gasteiger partial charge in [0, 0.05) is 24.9 Å². The van der Waals surface area contributed by atoms with Gasteiger partial charge in [0.2, 0.25) is 0 Å². The third kappa shape index (κ3) is 2.57. The SMILES string of the molecule is CNc1cnc(N(C)CC(=O)O)c2cc(F)ccc12. The van der Waals surface area contributed by atoms with E-state index in [2.05, 4.69) is 10.3 Å². The first-order chi connectivity index (χ1) is 9.02. The fourth-order valence-corrected chi connectivity index (χ4v) is 1.98. The zero-order valence-corrected chi connectivity index (χ0v) is 10.6. The molecule has 0 aliphatic carbocycles. The number of aliphatic carboxylic acids is 1. The van der Waals surface area contributed by atoms with Gasteiger partial charge in [0.15, 0.2) is 0 Å². The average molecular weight is 263 g/mol. The van der Waals surface area contributed by atoms with Crippen molar-refractivity contribution in [1.82, 2.24) is 4.98 Å². The van der Waals surface area contributed by atoms with Crippen LogP contribution in [0.3, 0.4) is 0 Å². The second-order valence-electron chi connectivity index (χ2n) is 4.19. The summed E-state index contributed by atoms with van der Waals surface area (Å²) in [5.74, 6) is -0.907. The number of carbonyl (C=O) groups is 1. The molecule has 100 valence electrons. The van der Waals surface area contributed by atoms with Crippen LogP contribution in [-0.4, -0.2) is 36.7 Å². The molecule has 0 unspecified atom stereocenters. The molecule has 5 nitrogen and oxygen atoms in total. The maximum absolute atomic E-state index is 13.4. The van der Waals surface area contributed by atoms with Gasteiger partial charge < -0.3 is 15.3 Å². The van der Waals surface area contributed by atoms with E-state index in [1.54, 1.807) is 26.4 Å². The number of carboxylic acids is 1. The Labute approximate surface area is 109 Å². The molecule has 2 aromatic rings. The molecule has 1 aromatic heterocycles. The summed E-state index contributed by atoms with van der Waals surface area (Å²) in [6, 6.07) is 4.37. The Hall–Kier alpha value is -2.37. The van der Waals surface area contributed by atoms with Gasteiger partial charge in [-0.3, -0.25) is 4.79 Å². The van der Waals surface area contributed by atoms with E-state index < -0.39 is 5.97 Å². The zero-order chi connectivity index (χ0) is 14.0. The van der Waals surface area contributed by atoms with E-state index in [1.165, 1.54) is 17.0 Å². The van der Waals surface area contributed by atoms with E-state index in [0.717, 1.165) is 11.1 Å². The second kappa shape index (κ2) is 5.09. The number of fused-ring (bicyclic) bond motifs is 1. The minimum Gasteiger partial charge on any atom is -0.480 e. The molecular formula is C13H14FN3O2. The van der Waals surface area contributed by atoms with Crippen LogP contribution < -0.4 is 10.2 Å². The van der Waals surface area contributed by atoms with Gasteiger partial charge in [-0.25, -0.2) is 9.37 Å². The normalized spacial score (nSPS) is 10.5. The highest BCUT2D eigenvalue weighted by atomic mass is 19.1. The Bertz CT molecular complexity index is 631. The largest absolute Gasteiger partial charge is 0.480 e. The minimum atomic E-state index is -0.966. The first kappa shape index (κ1) is 13.1. The van der Waals surface area contributed by atoms with Crippen molar-refractivity contribution in [3.05, 3.63) is 30.2 Å². The van der Waals surface area contributed by atoms with Gasteiger partial charge in [-0.1, -0.05) is 0 Å². The number of carboxylic acid groups (broad SMARTS) is 1. The molecule has 1 aromatic carbocycles. The standard InChI is InChI=1S/C13H14FN3O2/c1-15-11-6-16-13(17(2)7-12(18)19)10-5-8(14)3-4-9(10)11/h3-6,15H,7H2,1-2H3,(H,18,19). The highest BCUT2D eigenvalue weighted by Gasteiger charge is 2.13. The summed E-state index contributed by atoms with van der Waals surface area (Å²) in [5, 5.41) is 13.2. The molecular weight excluding hydrogens is 249 g/mol. The van der Waals surface area contributed by atoms with Crippen LogP contribution in [0, 0.1) is 5.82 Å². The van der Waals surface area contributed by atoms with Crippen LogP contribution in [0.15, 0.2) is 24.4 Å². The van der Waals surface area contributed by atoms with Gasteiger partial charge in [0.25, 0.3) is 0 Å². The Morgan fingerprint density at radius 1 is 1.47 bits per heavy atom. The van der Waals surface area contributed by atoms with Gasteiger partial charge in [-0.2, -0.15) is 0 Å². The van der Waals surface area contributed by atoms with Gasteiger partial charge >= 0.3 is 5.97 Å². The van der Waals surface area contributed by atoms with Gasteiger partial charge in [-0.15, -0.1) is 0 Å². The molecule has 1 heterocycles. The Morgan fingerprint density at radius 3 is 2.84 bits per heavy atom. The van der Waals surface area contributed by atoms with Crippen LogP contribution >= 0.6 is 0 Å². The zero-order valence-electron chi connectivity index (χ0n) is 10.6. The number of likely N-dealkylation sites (N-methyl/N-ethyl adjacent to an activating group) is 1. The highest BCUT2D eigenvalue weighted by molar-refractivity contribution is 6.00. The van der Waals surface area contributed by atoms with Crippen molar-refractivity contribution in [2.75, 3.05) is 30.9 Å². The lowest BCUT2D eigenvalue weighted by Gasteiger charge is -2.19. The molecule has 0 atom stereocenters. The maximum atomic E-state index is 13.4. The fourth-order valence-electron chi connectivity index (χ4n) is 1.98. The van der Waals surface area contributed by atoms with Crippen LogP contribution in [0.1, 0.15) is 0 Å². The molecule has 0 saturated carbocycles. The molecule has 6 heteroatoms. The van der Waals surface area contributed by atoms with Crippen molar-refractivity contribution in [2.45, 2.75) is 0 Å². The molecule has 19 heavy (non-hydrogen) atoms. The minimum absolute atomic E-state index is 0.197. The summed E-state index contributed by atoms with van der Waals surface area (Å²) >= 11 is 0. The molecule has 0 fully saturated rings. The van der Waals surface area contributed by atoms with Crippen molar-refractivity contribution in [3.63, 3.8) is 0 Å². The number of nitrogens with one attached hydrogen (secondary N) is 1. The maximum Gasteiger partial charge on any atom is 0.323 e. The predicted molar refractivity (Wildman–Crippen MR) is 72.2 cm³/mol. The highest BCUT2D eigenvalue weighted by Crippen LogP contribution is 2.30. The second-order valence-corrected chi connectivity index (χ2v) is 4.19. The Kier molecular flexibility index (Phi) is 3.50. The fraction of sp³-hybridized carbons (Fsp3) is 0.231. The molecule has 2 rings (SSSR count). The molecule has 0 aliphatic heterocycles. The smallest absolute Gasteiger partial charge is 0.323 e. The number of pyridine rings is 1. The third-order valence-electron chi connectivity index (χ3n) is 2.83. The van der Waals surface area contributed by atoms with Crippen molar-refractivity contribution < 1.29 is 14.3 Å². The summed E-state index contributed by atoms with van der Waals surface area (Å²) in [4.78, 5) is 16.4. The molecule has 2 N–H and O–H groups in total. The van der Waals surface area contributed by atoms with Crippen molar-refractivity contribution >= 4 is 28.2 Å². The molecule has 0 spiro atoms. The van der Waals surface area contributed by atoms with E-state index in [0.29, 0.717) is 11.2 Å². The van der Waals surface area contributed by atoms with E-state index in [1.807, 2.05) is 0 Å². The van der Waals surface area contributed by atoms with Crippen LogP contribution in [0.25, 0.3) is 10.8 Å². The molecule has 0 bridgehead atoms. The number of anilines is 2. The van der Waals surface area contributed by atoms with Gasteiger partial charge in [0.05, 0.1) is 11.9 Å². The lowest BCUT2D eigenvalue weighted by Crippen LogP contribution is -2.26. The molecule has 0 radical (unpaired) electrons. The number of hydrogen-bond acceptors (Lipinski definition) is 4. The number of aromatic nitrogens is 1. The number of rotatable bonds is 4. The Balaban J connectivity index is 2.61. The van der Waals surface area contributed by atoms with Crippen LogP contribution in [-0.2, 0) is 4.79 Å². The lowest BCUT2D eigenvalue weighted by atomic mass is 10.1.